The van der Waals surface area contributed by atoms with Crippen molar-refractivity contribution in [2.45, 2.75) is 32.5 Å². The van der Waals surface area contributed by atoms with Crippen molar-refractivity contribution in [3.8, 4) is 5.75 Å². The van der Waals surface area contributed by atoms with Crippen LogP contribution in [0.2, 0.25) is 5.02 Å². The SMILES string of the molecule is CCC(O)C(C)Oc1cccc(Cl)c1. The second kappa shape index (κ2) is 5.23. The van der Waals surface area contributed by atoms with Gasteiger partial charge in [-0.05, 0) is 31.5 Å². The molecule has 0 aromatic heterocycles. The monoisotopic (exact) mass is 214 g/mol. The Kier molecular flexibility index (Phi) is 4.23. The summed E-state index contributed by atoms with van der Waals surface area (Å²) in [5.41, 5.74) is 0. The molecule has 0 radical (unpaired) electrons. The molecule has 14 heavy (non-hydrogen) atoms. The third kappa shape index (κ3) is 3.20. The number of aliphatic hydroxyl groups excluding tert-OH is 1. The normalized spacial score (nSPS) is 14.9. The van der Waals surface area contributed by atoms with Crippen LogP contribution in [-0.2, 0) is 0 Å². The molecule has 2 unspecified atom stereocenters. The van der Waals surface area contributed by atoms with E-state index in [1.807, 2.05) is 26.0 Å². The second-order valence-corrected chi connectivity index (χ2v) is 3.69. The van der Waals surface area contributed by atoms with Crippen LogP contribution in [0, 0.1) is 0 Å². The summed E-state index contributed by atoms with van der Waals surface area (Å²) in [5, 5.41) is 10.1. The smallest absolute Gasteiger partial charge is 0.122 e. The quantitative estimate of drug-likeness (QED) is 0.835. The zero-order chi connectivity index (χ0) is 10.6. The van der Waals surface area contributed by atoms with Gasteiger partial charge in [0.1, 0.15) is 11.9 Å². The number of aliphatic hydroxyl groups is 1. The van der Waals surface area contributed by atoms with Gasteiger partial charge < -0.3 is 9.84 Å². The van der Waals surface area contributed by atoms with Crippen LogP contribution in [0.5, 0.6) is 5.75 Å². The Morgan fingerprint density at radius 2 is 2.21 bits per heavy atom. The number of hydrogen-bond acceptors (Lipinski definition) is 2. The van der Waals surface area contributed by atoms with Crippen molar-refractivity contribution in [3.63, 3.8) is 0 Å². The summed E-state index contributed by atoms with van der Waals surface area (Å²) < 4.78 is 5.51. The molecule has 0 amide bonds. The molecule has 0 aliphatic carbocycles. The minimum absolute atomic E-state index is 0.210. The number of rotatable bonds is 4. The Bertz CT molecular complexity index is 288. The molecule has 78 valence electrons. The van der Waals surface area contributed by atoms with Crippen LogP contribution in [0.4, 0.5) is 0 Å². The highest BCUT2D eigenvalue weighted by molar-refractivity contribution is 6.30. The van der Waals surface area contributed by atoms with E-state index in [4.69, 9.17) is 16.3 Å². The van der Waals surface area contributed by atoms with Crippen LogP contribution >= 0.6 is 11.6 Å². The van der Waals surface area contributed by atoms with Crippen LogP contribution in [-0.4, -0.2) is 17.3 Å². The highest BCUT2D eigenvalue weighted by Crippen LogP contribution is 2.19. The summed E-state index contributed by atoms with van der Waals surface area (Å²) in [7, 11) is 0. The van der Waals surface area contributed by atoms with Crippen LogP contribution < -0.4 is 4.74 Å². The van der Waals surface area contributed by atoms with Crippen molar-refractivity contribution in [1.82, 2.24) is 0 Å². The highest BCUT2D eigenvalue weighted by Gasteiger charge is 2.13. The molecule has 1 N–H and O–H groups in total. The third-order valence-electron chi connectivity index (χ3n) is 2.08. The van der Waals surface area contributed by atoms with Gasteiger partial charge in [-0.15, -0.1) is 0 Å². The average molecular weight is 215 g/mol. The van der Waals surface area contributed by atoms with Crippen molar-refractivity contribution in [1.29, 1.82) is 0 Å². The molecule has 0 aliphatic heterocycles. The van der Waals surface area contributed by atoms with Gasteiger partial charge in [0.05, 0.1) is 6.10 Å². The maximum atomic E-state index is 9.50. The maximum Gasteiger partial charge on any atom is 0.122 e. The first-order valence-corrected chi connectivity index (χ1v) is 5.11. The van der Waals surface area contributed by atoms with E-state index < -0.39 is 6.10 Å². The Hall–Kier alpha value is -0.730. The standard InChI is InChI=1S/C11H15ClO2/c1-3-11(13)8(2)14-10-6-4-5-9(12)7-10/h4-8,11,13H,3H2,1-2H3. The van der Waals surface area contributed by atoms with Gasteiger partial charge in [0.25, 0.3) is 0 Å². The summed E-state index contributed by atoms with van der Waals surface area (Å²) in [6.45, 7) is 3.76. The molecule has 0 heterocycles. The molecule has 0 bridgehead atoms. The number of ether oxygens (including phenoxy) is 1. The first kappa shape index (κ1) is 11.3. The van der Waals surface area contributed by atoms with E-state index in [9.17, 15) is 5.11 Å². The first-order chi connectivity index (χ1) is 6.63. The number of hydrogen-bond donors (Lipinski definition) is 1. The van der Waals surface area contributed by atoms with Crippen LogP contribution in [0.15, 0.2) is 24.3 Å². The van der Waals surface area contributed by atoms with Gasteiger partial charge in [-0.1, -0.05) is 24.6 Å². The van der Waals surface area contributed by atoms with Crippen molar-refractivity contribution < 1.29 is 9.84 Å². The van der Waals surface area contributed by atoms with Gasteiger partial charge >= 0.3 is 0 Å². The molecule has 0 saturated carbocycles. The lowest BCUT2D eigenvalue weighted by Gasteiger charge is -2.19. The van der Waals surface area contributed by atoms with E-state index in [1.165, 1.54) is 0 Å². The predicted molar refractivity (Wildman–Crippen MR) is 57.8 cm³/mol. The van der Waals surface area contributed by atoms with Gasteiger partial charge in [-0.3, -0.25) is 0 Å². The number of benzene rings is 1. The van der Waals surface area contributed by atoms with Crippen molar-refractivity contribution in [2.75, 3.05) is 0 Å². The van der Waals surface area contributed by atoms with Gasteiger partial charge in [-0.2, -0.15) is 0 Å². The molecule has 1 aromatic carbocycles. The zero-order valence-corrected chi connectivity index (χ0v) is 9.16. The van der Waals surface area contributed by atoms with Crippen molar-refractivity contribution >= 4 is 11.6 Å². The minimum atomic E-state index is -0.436. The van der Waals surface area contributed by atoms with Crippen LogP contribution in [0.3, 0.4) is 0 Å². The fourth-order valence-electron chi connectivity index (χ4n) is 1.17. The van der Waals surface area contributed by atoms with Crippen LogP contribution in [0.1, 0.15) is 20.3 Å². The summed E-state index contributed by atoms with van der Waals surface area (Å²) in [6, 6.07) is 7.17. The van der Waals surface area contributed by atoms with Gasteiger partial charge in [-0.25, -0.2) is 0 Å². The first-order valence-electron chi connectivity index (χ1n) is 4.73. The fraction of sp³-hybridized carbons (Fsp3) is 0.455. The molecule has 2 nitrogen and oxygen atoms in total. The highest BCUT2D eigenvalue weighted by atomic mass is 35.5. The Balaban J connectivity index is 2.60. The molecule has 0 saturated heterocycles. The predicted octanol–water partition coefficient (Wildman–Crippen LogP) is 2.88. The van der Waals surface area contributed by atoms with E-state index in [-0.39, 0.29) is 6.10 Å². The van der Waals surface area contributed by atoms with E-state index in [0.717, 1.165) is 0 Å². The molecule has 1 aromatic rings. The summed E-state index contributed by atoms with van der Waals surface area (Å²) in [5.74, 6) is 0.692. The topological polar surface area (TPSA) is 29.5 Å². The van der Waals surface area contributed by atoms with Crippen LogP contribution in [0.25, 0.3) is 0 Å². The van der Waals surface area contributed by atoms with Gasteiger partial charge in [0.2, 0.25) is 0 Å². The molecule has 2 atom stereocenters. The molecular weight excluding hydrogens is 200 g/mol. The Labute approximate surface area is 89.5 Å². The molecule has 0 aliphatic rings. The lowest BCUT2D eigenvalue weighted by Crippen LogP contribution is -2.27. The lowest BCUT2D eigenvalue weighted by atomic mass is 10.2. The van der Waals surface area contributed by atoms with E-state index >= 15 is 0 Å². The molecule has 0 fully saturated rings. The average Bonchev–Trinajstić information content (AvgIpc) is 2.16. The summed E-state index contributed by atoms with van der Waals surface area (Å²) >= 11 is 5.80. The summed E-state index contributed by atoms with van der Waals surface area (Å²) in [4.78, 5) is 0. The van der Waals surface area contributed by atoms with E-state index in [0.29, 0.717) is 17.2 Å². The molecule has 1 rings (SSSR count). The lowest BCUT2D eigenvalue weighted by molar-refractivity contribution is 0.0451. The van der Waals surface area contributed by atoms with Crippen molar-refractivity contribution in [3.05, 3.63) is 29.3 Å². The molecule has 3 heteroatoms. The molecule has 0 spiro atoms. The van der Waals surface area contributed by atoms with Crippen molar-refractivity contribution in [2.24, 2.45) is 0 Å². The fourth-order valence-corrected chi connectivity index (χ4v) is 1.35. The number of halogens is 1. The second-order valence-electron chi connectivity index (χ2n) is 3.26. The zero-order valence-electron chi connectivity index (χ0n) is 8.40. The Morgan fingerprint density at radius 1 is 1.50 bits per heavy atom. The minimum Gasteiger partial charge on any atom is -0.488 e. The third-order valence-corrected chi connectivity index (χ3v) is 2.31. The van der Waals surface area contributed by atoms with E-state index in [2.05, 4.69) is 0 Å². The van der Waals surface area contributed by atoms with Gasteiger partial charge in [0, 0.05) is 5.02 Å². The molecular formula is C11H15ClO2. The van der Waals surface area contributed by atoms with Gasteiger partial charge in [0.15, 0.2) is 0 Å². The maximum absolute atomic E-state index is 9.50. The Morgan fingerprint density at radius 3 is 2.79 bits per heavy atom. The van der Waals surface area contributed by atoms with E-state index in [1.54, 1.807) is 12.1 Å². The largest absolute Gasteiger partial charge is 0.488 e. The summed E-state index contributed by atoms with van der Waals surface area (Å²) in [6.07, 6.45) is 0.0364.